The van der Waals surface area contributed by atoms with Crippen LogP contribution < -0.4 is 0 Å². The van der Waals surface area contributed by atoms with Crippen molar-refractivity contribution in [2.75, 3.05) is 0 Å². The highest BCUT2D eigenvalue weighted by atomic mass is 32.2. The predicted octanol–water partition coefficient (Wildman–Crippen LogP) is 2.90. The minimum atomic E-state index is -0.350. The molecule has 0 aromatic heterocycles. The van der Waals surface area contributed by atoms with E-state index in [0.29, 0.717) is 18.0 Å². The number of aliphatic imine (C=N–C) groups is 1. The zero-order chi connectivity index (χ0) is 13.1. The fraction of sp³-hybridized carbons (Fsp3) is 0.857. The van der Waals surface area contributed by atoms with Gasteiger partial charge in [0.15, 0.2) is 5.17 Å². The van der Waals surface area contributed by atoms with Crippen LogP contribution in [0.25, 0.3) is 0 Å². The van der Waals surface area contributed by atoms with Gasteiger partial charge in [-0.15, -0.1) is 0 Å². The minimum absolute atomic E-state index is 0.0625. The zero-order valence-corrected chi connectivity index (χ0v) is 12.5. The van der Waals surface area contributed by atoms with Gasteiger partial charge in [0, 0.05) is 12.1 Å². The molecule has 2 aliphatic heterocycles. The Hall–Kier alpha value is -0.510. The summed E-state index contributed by atoms with van der Waals surface area (Å²) in [6.07, 6.45) is 3.93. The third kappa shape index (κ3) is 1.57. The third-order valence-corrected chi connectivity index (χ3v) is 6.76. The molecular weight excluding hydrogens is 244 g/mol. The van der Waals surface area contributed by atoms with Crippen LogP contribution in [0.15, 0.2) is 4.99 Å². The van der Waals surface area contributed by atoms with Crippen molar-refractivity contribution < 1.29 is 4.79 Å². The molecule has 100 valence electrons. The Kier molecular flexibility index (Phi) is 2.78. The Bertz CT molecular complexity index is 418. The van der Waals surface area contributed by atoms with Crippen LogP contribution >= 0.6 is 11.8 Å². The molecular formula is C14H22N2OS. The second kappa shape index (κ2) is 3.99. The van der Waals surface area contributed by atoms with Crippen molar-refractivity contribution in [3.63, 3.8) is 0 Å². The van der Waals surface area contributed by atoms with Gasteiger partial charge >= 0.3 is 0 Å². The molecule has 0 spiro atoms. The number of fused-ring (bicyclic) bond motifs is 2. The Morgan fingerprint density at radius 2 is 2.17 bits per heavy atom. The number of carbonyl (C=O) groups excluding carboxylic acids is 1. The molecule has 0 N–H and O–H groups in total. The molecule has 3 aliphatic rings. The molecule has 1 saturated heterocycles. The van der Waals surface area contributed by atoms with Gasteiger partial charge in [-0.3, -0.25) is 4.79 Å². The van der Waals surface area contributed by atoms with E-state index >= 15 is 0 Å². The lowest BCUT2D eigenvalue weighted by Crippen LogP contribution is -2.42. The molecule has 2 bridgehead atoms. The van der Waals surface area contributed by atoms with E-state index in [9.17, 15) is 4.79 Å². The van der Waals surface area contributed by atoms with Crippen LogP contribution in [0.2, 0.25) is 0 Å². The first kappa shape index (κ1) is 12.5. The predicted molar refractivity (Wildman–Crippen MR) is 75.7 cm³/mol. The lowest BCUT2D eigenvalue weighted by molar-refractivity contribution is -0.120. The van der Waals surface area contributed by atoms with Gasteiger partial charge in [0.05, 0.1) is 0 Å². The number of thioether (sulfide) groups is 1. The maximum Gasteiger partial charge on any atom is 0.264 e. The van der Waals surface area contributed by atoms with Crippen LogP contribution in [0.5, 0.6) is 0 Å². The van der Waals surface area contributed by atoms with E-state index in [1.165, 1.54) is 19.3 Å². The molecule has 0 aromatic carbocycles. The van der Waals surface area contributed by atoms with E-state index in [0.717, 1.165) is 11.1 Å². The van der Waals surface area contributed by atoms with Crippen LogP contribution in [-0.4, -0.2) is 32.8 Å². The Balaban J connectivity index is 1.84. The molecule has 4 atom stereocenters. The zero-order valence-electron chi connectivity index (χ0n) is 11.6. The summed E-state index contributed by atoms with van der Waals surface area (Å²) < 4.78 is -0.350. The van der Waals surface area contributed by atoms with E-state index in [-0.39, 0.29) is 10.7 Å². The lowest BCUT2D eigenvalue weighted by atomic mass is 9.96. The van der Waals surface area contributed by atoms with Crippen LogP contribution in [0.1, 0.15) is 47.0 Å². The van der Waals surface area contributed by atoms with E-state index in [2.05, 4.69) is 30.7 Å². The van der Waals surface area contributed by atoms with E-state index in [1.54, 1.807) is 11.8 Å². The Morgan fingerprint density at radius 3 is 2.67 bits per heavy atom. The second-order valence-corrected chi connectivity index (χ2v) is 7.86. The van der Waals surface area contributed by atoms with Crippen molar-refractivity contribution in [3.8, 4) is 0 Å². The highest BCUT2D eigenvalue weighted by molar-refractivity contribution is 8.16. The third-order valence-electron chi connectivity index (χ3n) is 5.21. The minimum Gasteiger partial charge on any atom is -0.345 e. The monoisotopic (exact) mass is 266 g/mol. The summed E-state index contributed by atoms with van der Waals surface area (Å²) in [5.41, 5.74) is 0. The molecule has 2 fully saturated rings. The van der Waals surface area contributed by atoms with Crippen molar-refractivity contribution in [1.29, 1.82) is 0 Å². The molecule has 18 heavy (non-hydrogen) atoms. The van der Waals surface area contributed by atoms with Gasteiger partial charge in [-0.05, 0) is 44.9 Å². The van der Waals surface area contributed by atoms with Gasteiger partial charge in [-0.25, -0.2) is 0 Å². The lowest BCUT2D eigenvalue weighted by Gasteiger charge is -2.35. The van der Waals surface area contributed by atoms with Crippen molar-refractivity contribution in [3.05, 3.63) is 0 Å². The van der Waals surface area contributed by atoms with Crippen LogP contribution in [0.3, 0.4) is 0 Å². The quantitative estimate of drug-likeness (QED) is 0.731. The summed E-state index contributed by atoms with van der Waals surface area (Å²) in [4.78, 5) is 19.0. The number of carbonyl (C=O) groups is 1. The summed E-state index contributed by atoms with van der Waals surface area (Å²) in [6.45, 7) is 8.56. The van der Waals surface area contributed by atoms with Crippen molar-refractivity contribution in [1.82, 2.24) is 4.90 Å². The van der Waals surface area contributed by atoms with Gasteiger partial charge in [0.2, 0.25) is 0 Å². The summed E-state index contributed by atoms with van der Waals surface area (Å²) in [5.74, 6) is 1.21. The largest absolute Gasteiger partial charge is 0.345 e. The van der Waals surface area contributed by atoms with Gasteiger partial charge < -0.3 is 4.90 Å². The number of likely N-dealkylation sites (tertiary alicyclic amines) is 1. The first-order valence-corrected chi connectivity index (χ1v) is 7.85. The normalized spacial score (nSPS) is 43.2. The maximum atomic E-state index is 12.2. The number of hydrogen-bond acceptors (Lipinski definition) is 3. The maximum absolute atomic E-state index is 12.2. The average molecular weight is 266 g/mol. The number of nitrogens with zero attached hydrogens (tertiary/aromatic N) is 2. The smallest absolute Gasteiger partial charge is 0.264 e. The summed E-state index contributed by atoms with van der Waals surface area (Å²) >= 11 is 1.70. The van der Waals surface area contributed by atoms with Gasteiger partial charge in [-0.2, -0.15) is 4.99 Å². The fourth-order valence-electron chi connectivity index (χ4n) is 3.50. The average Bonchev–Trinajstić information content (AvgIpc) is 2.94. The van der Waals surface area contributed by atoms with Gasteiger partial charge in [0.1, 0.15) is 4.75 Å². The number of amides is 1. The van der Waals surface area contributed by atoms with E-state index in [4.69, 9.17) is 0 Å². The van der Waals surface area contributed by atoms with Crippen molar-refractivity contribution in [2.45, 2.75) is 63.8 Å². The van der Waals surface area contributed by atoms with Crippen LogP contribution in [0, 0.1) is 11.8 Å². The molecule has 2 heterocycles. The van der Waals surface area contributed by atoms with Gasteiger partial charge in [-0.1, -0.05) is 25.6 Å². The van der Waals surface area contributed by atoms with Crippen LogP contribution in [0.4, 0.5) is 0 Å². The summed E-state index contributed by atoms with van der Waals surface area (Å²) in [7, 11) is 0. The molecule has 3 nitrogen and oxygen atoms in total. The van der Waals surface area contributed by atoms with Gasteiger partial charge in [0.25, 0.3) is 5.91 Å². The topological polar surface area (TPSA) is 32.7 Å². The number of piperidine rings is 1. The second-order valence-electron chi connectivity index (χ2n) is 6.44. The van der Waals surface area contributed by atoms with E-state index in [1.807, 2.05) is 6.92 Å². The highest BCUT2D eigenvalue weighted by Gasteiger charge is 2.51. The molecule has 1 amide bonds. The summed E-state index contributed by atoms with van der Waals surface area (Å²) in [5, 5.41) is 0.996. The fourth-order valence-corrected chi connectivity index (χ4v) is 4.80. The molecule has 3 rings (SSSR count). The Labute approximate surface area is 113 Å². The first-order valence-electron chi connectivity index (χ1n) is 7.04. The van der Waals surface area contributed by atoms with Crippen LogP contribution in [-0.2, 0) is 4.79 Å². The molecule has 4 heteroatoms. The standard InChI is InChI=1S/C14H22N2OS/c1-8(2)14(4)12(17)15-13(18-14)16-9(3)10-5-6-11(16)7-10/h8-11H,5-7H2,1-4H3/t9-,10-,11?,14+/m1/s1. The number of rotatable bonds is 1. The molecule has 1 unspecified atom stereocenters. The SMILES string of the molecule is CC(C)[C@]1(C)SC(N2C3CC[C@H](C3)[C@H]2C)=NC1=O. The van der Waals surface area contributed by atoms with Crippen molar-refractivity contribution in [2.24, 2.45) is 16.8 Å². The number of hydrogen-bond donors (Lipinski definition) is 0. The van der Waals surface area contributed by atoms with Crippen molar-refractivity contribution >= 4 is 22.8 Å². The number of amidine groups is 1. The highest BCUT2D eigenvalue weighted by Crippen LogP contribution is 2.48. The van der Waals surface area contributed by atoms with E-state index < -0.39 is 0 Å². The molecule has 0 aromatic rings. The molecule has 1 saturated carbocycles. The summed E-state index contributed by atoms with van der Waals surface area (Å²) in [6, 6.07) is 1.20. The Morgan fingerprint density at radius 1 is 1.44 bits per heavy atom. The molecule has 0 radical (unpaired) electrons. The molecule has 1 aliphatic carbocycles. The first-order chi connectivity index (χ1) is 8.43.